The molecule has 2 aliphatic heterocycles. The number of fused-ring (bicyclic) bond motifs is 2. The van der Waals surface area contributed by atoms with Gasteiger partial charge in [-0.2, -0.15) is 18.3 Å². The Labute approximate surface area is 194 Å². The normalized spacial score (nSPS) is 20.5. The number of hydrogen-bond acceptors (Lipinski definition) is 5. The van der Waals surface area contributed by atoms with Gasteiger partial charge in [-0.05, 0) is 43.5 Å². The van der Waals surface area contributed by atoms with E-state index in [1.165, 1.54) is 6.20 Å². The van der Waals surface area contributed by atoms with Gasteiger partial charge >= 0.3 is 12.2 Å². The maximum atomic E-state index is 13.3. The number of aryl methyl sites for hydroxylation is 1. The van der Waals surface area contributed by atoms with Crippen molar-refractivity contribution in [2.24, 2.45) is 0 Å². The predicted octanol–water partition coefficient (Wildman–Crippen LogP) is 3.76. The molecule has 0 saturated carbocycles. The summed E-state index contributed by atoms with van der Waals surface area (Å²) in [4.78, 5) is 22.5. The van der Waals surface area contributed by atoms with Gasteiger partial charge < -0.3 is 16.0 Å². The number of amides is 2. The summed E-state index contributed by atoms with van der Waals surface area (Å²) in [5.74, 6) is -0.558. The van der Waals surface area contributed by atoms with Gasteiger partial charge in [-0.25, -0.2) is 9.78 Å². The number of hydrogen-bond donors (Lipinski definition) is 2. The van der Waals surface area contributed by atoms with Crippen LogP contribution in [0.2, 0.25) is 0 Å². The molecule has 1 unspecified atom stereocenters. The Bertz CT molecular complexity index is 1230. The summed E-state index contributed by atoms with van der Waals surface area (Å²) in [6.45, 7) is 3.67. The van der Waals surface area contributed by atoms with E-state index in [9.17, 15) is 18.0 Å². The van der Waals surface area contributed by atoms with Gasteiger partial charge in [0.2, 0.25) is 0 Å². The number of rotatable bonds is 3. The molecule has 2 atom stereocenters. The fraction of sp³-hybridized carbons (Fsp3) is 0.391. The van der Waals surface area contributed by atoms with Crippen molar-refractivity contribution >= 4 is 11.8 Å². The molecule has 0 bridgehead atoms. The van der Waals surface area contributed by atoms with Crippen LogP contribution in [0, 0.1) is 0 Å². The Kier molecular flexibility index (Phi) is 5.22. The summed E-state index contributed by atoms with van der Waals surface area (Å²) in [6.07, 6.45) is 1.71. The lowest BCUT2D eigenvalue weighted by molar-refractivity contribution is -0.137. The largest absolute Gasteiger partial charge is 0.419 e. The van der Waals surface area contributed by atoms with Crippen molar-refractivity contribution in [3.8, 4) is 11.3 Å². The zero-order valence-corrected chi connectivity index (χ0v) is 18.5. The van der Waals surface area contributed by atoms with Gasteiger partial charge in [0.05, 0.1) is 17.3 Å². The fourth-order valence-corrected chi connectivity index (χ4v) is 4.90. The van der Waals surface area contributed by atoms with Crippen LogP contribution < -0.4 is 11.1 Å². The molecule has 1 fully saturated rings. The van der Waals surface area contributed by atoms with Crippen LogP contribution in [0.15, 0.2) is 42.9 Å². The number of halogens is 3. The number of carbonyl (C=O) groups excluding carboxylic acids is 1. The number of alkyl halides is 3. The van der Waals surface area contributed by atoms with Crippen molar-refractivity contribution in [3.05, 3.63) is 59.7 Å². The van der Waals surface area contributed by atoms with Gasteiger partial charge in [-0.1, -0.05) is 6.07 Å². The molecule has 5 heterocycles. The van der Waals surface area contributed by atoms with E-state index in [1.807, 2.05) is 29.8 Å². The van der Waals surface area contributed by atoms with Crippen molar-refractivity contribution in [2.75, 3.05) is 18.8 Å². The van der Waals surface area contributed by atoms with Gasteiger partial charge in [0.25, 0.3) is 0 Å². The van der Waals surface area contributed by atoms with Crippen LogP contribution in [0.4, 0.5) is 23.8 Å². The van der Waals surface area contributed by atoms with E-state index < -0.39 is 17.6 Å². The summed E-state index contributed by atoms with van der Waals surface area (Å²) >= 11 is 0. The number of nitrogens with one attached hydrogen (secondary N) is 1. The maximum Gasteiger partial charge on any atom is 0.419 e. The van der Waals surface area contributed by atoms with Crippen LogP contribution >= 0.6 is 0 Å². The summed E-state index contributed by atoms with van der Waals surface area (Å²) in [5.41, 5.74) is 6.72. The Hall–Kier alpha value is -3.63. The van der Waals surface area contributed by atoms with Crippen molar-refractivity contribution in [3.63, 3.8) is 0 Å². The summed E-state index contributed by atoms with van der Waals surface area (Å²) in [5, 5.41) is 7.56. The second-order valence-electron chi connectivity index (χ2n) is 8.95. The lowest BCUT2D eigenvalue weighted by atomic mass is 9.82. The summed E-state index contributed by atoms with van der Waals surface area (Å²) in [7, 11) is 0. The van der Waals surface area contributed by atoms with Gasteiger partial charge in [0, 0.05) is 54.9 Å². The van der Waals surface area contributed by atoms with E-state index in [0.29, 0.717) is 25.3 Å². The first-order valence-corrected chi connectivity index (χ1v) is 11.0. The number of urea groups is 1. The van der Waals surface area contributed by atoms with Gasteiger partial charge in [0.1, 0.15) is 5.82 Å². The van der Waals surface area contributed by atoms with Crippen LogP contribution in [0.5, 0.6) is 0 Å². The summed E-state index contributed by atoms with van der Waals surface area (Å²) in [6, 6.07) is 6.22. The molecule has 2 amide bonds. The maximum absolute atomic E-state index is 13.3. The number of aromatic nitrogens is 4. The fourth-order valence-electron chi connectivity index (χ4n) is 4.90. The molecule has 34 heavy (non-hydrogen) atoms. The molecule has 3 aromatic rings. The first-order valence-electron chi connectivity index (χ1n) is 11.0. The third kappa shape index (κ3) is 3.84. The Balaban J connectivity index is 1.34. The molecule has 1 spiro atoms. The lowest BCUT2D eigenvalue weighted by Crippen LogP contribution is -2.41. The monoisotopic (exact) mass is 471 g/mol. The Morgan fingerprint density at radius 3 is 2.76 bits per heavy atom. The highest BCUT2D eigenvalue weighted by atomic mass is 19.4. The van der Waals surface area contributed by atoms with Crippen LogP contribution in [0.1, 0.15) is 42.6 Å². The molecule has 3 N–H and O–H groups in total. The van der Waals surface area contributed by atoms with Crippen LogP contribution in [-0.4, -0.2) is 43.8 Å². The van der Waals surface area contributed by atoms with Crippen molar-refractivity contribution in [1.82, 2.24) is 30.0 Å². The van der Waals surface area contributed by atoms with Crippen LogP contribution in [0.3, 0.4) is 0 Å². The zero-order chi connectivity index (χ0) is 24.1. The standard InChI is InChI=1S/C23H24F3N7O/c1-14(15-3-2-6-28-11-15)30-21(34)32-7-4-22(13-32)5-8-33-19(22)10-18(31-33)16-9-17(23(24,25)26)20(27)29-12-16/h2-3,6,9-12,14H,4-5,7-8,13H2,1H3,(H2,27,29)(H,30,34)/t14-,22?/m1/s1. The second-order valence-corrected chi connectivity index (χ2v) is 8.95. The first kappa shape index (κ1) is 22.2. The molecule has 5 rings (SSSR count). The minimum atomic E-state index is -4.59. The van der Waals surface area contributed by atoms with Crippen molar-refractivity contribution < 1.29 is 18.0 Å². The number of nitrogens with zero attached hydrogens (tertiary/aromatic N) is 5. The third-order valence-corrected chi connectivity index (χ3v) is 6.81. The molecule has 1 saturated heterocycles. The van der Waals surface area contributed by atoms with E-state index in [2.05, 4.69) is 20.4 Å². The Morgan fingerprint density at radius 2 is 2.03 bits per heavy atom. The van der Waals surface area contributed by atoms with Crippen LogP contribution in [-0.2, 0) is 18.1 Å². The van der Waals surface area contributed by atoms with Crippen molar-refractivity contribution in [1.29, 1.82) is 0 Å². The number of nitrogens with two attached hydrogens (primary N) is 1. The van der Waals surface area contributed by atoms with E-state index in [4.69, 9.17) is 5.73 Å². The molecule has 178 valence electrons. The zero-order valence-electron chi connectivity index (χ0n) is 18.5. The summed E-state index contributed by atoms with van der Waals surface area (Å²) < 4.78 is 41.6. The molecule has 3 aromatic heterocycles. The average Bonchev–Trinajstić information content (AvgIpc) is 3.51. The van der Waals surface area contributed by atoms with E-state index in [1.54, 1.807) is 17.3 Å². The van der Waals surface area contributed by atoms with E-state index in [-0.39, 0.29) is 23.1 Å². The average molecular weight is 471 g/mol. The quantitative estimate of drug-likeness (QED) is 0.606. The number of pyridine rings is 2. The van der Waals surface area contributed by atoms with Gasteiger partial charge in [0.15, 0.2) is 0 Å². The third-order valence-electron chi connectivity index (χ3n) is 6.81. The number of likely N-dealkylation sites (tertiary alicyclic amines) is 1. The number of nitrogen functional groups attached to an aromatic ring is 1. The topological polar surface area (TPSA) is 102 Å². The highest BCUT2D eigenvalue weighted by Gasteiger charge is 2.47. The second kappa shape index (κ2) is 8.00. The molecule has 0 aromatic carbocycles. The smallest absolute Gasteiger partial charge is 0.383 e. The first-order chi connectivity index (χ1) is 16.2. The Morgan fingerprint density at radius 1 is 1.24 bits per heavy atom. The molecule has 8 nitrogen and oxygen atoms in total. The van der Waals surface area contributed by atoms with E-state index in [0.717, 1.165) is 30.2 Å². The SMILES string of the molecule is C[C@@H](NC(=O)N1CCC2(CCn3nc(-c4cnc(N)c(C(F)(F)F)c4)cc32)C1)c1cccnc1. The number of carbonyl (C=O) groups is 1. The van der Waals surface area contributed by atoms with Crippen molar-refractivity contribution in [2.45, 2.75) is 43.9 Å². The van der Waals surface area contributed by atoms with Crippen LogP contribution in [0.25, 0.3) is 11.3 Å². The molecule has 0 radical (unpaired) electrons. The lowest BCUT2D eigenvalue weighted by Gasteiger charge is -2.25. The van der Waals surface area contributed by atoms with Gasteiger partial charge in [-0.15, -0.1) is 0 Å². The number of anilines is 1. The van der Waals surface area contributed by atoms with Gasteiger partial charge in [-0.3, -0.25) is 9.67 Å². The molecular formula is C23H24F3N7O. The molecule has 11 heteroatoms. The highest BCUT2D eigenvalue weighted by molar-refractivity contribution is 5.75. The molecule has 2 aliphatic rings. The van der Waals surface area contributed by atoms with E-state index >= 15 is 0 Å². The molecule has 0 aliphatic carbocycles. The minimum absolute atomic E-state index is 0.149. The highest BCUT2D eigenvalue weighted by Crippen LogP contribution is 2.44. The minimum Gasteiger partial charge on any atom is -0.383 e. The predicted molar refractivity (Wildman–Crippen MR) is 119 cm³/mol. The molecular weight excluding hydrogens is 447 g/mol.